The van der Waals surface area contributed by atoms with Crippen molar-refractivity contribution < 1.29 is 9.59 Å². The van der Waals surface area contributed by atoms with Crippen molar-refractivity contribution in [1.82, 2.24) is 0 Å². The molecule has 2 heteroatoms. The van der Waals surface area contributed by atoms with E-state index in [9.17, 15) is 9.59 Å². The highest BCUT2D eigenvalue weighted by molar-refractivity contribution is 5.96. The summed E-state index contributed by atoms with van der Waals surface area (Å²) in [5.41, 5.74) is 0.664. The van der Waals surface area contributed by atoms with Crippen LogP contribution in [-0.2, 0) is 9.59 Å². The molecule has 0 spiro atoms. The molecule has 0 N–H and O–H groups in total. The number of fused-ring (bicyclic) bond motifs is 1. The van der Waals surface area contributed by atoms with Gasteiger partial charge in [-0.15, -0.1) is 0 Å². The first-order valence-electron chi connectivity index (χ1n) is 5.84. The summed E-state index contributed by atoms with van der Waals surface area (Å²) in [4.78, 5) is 23.6. The van der Waals surface area contributed by atoms with Crippen molar-refractivity contribution in [3.05, 3.63) is 24.3 Å². The van der Waals surface area contributed by atoms with Crippen LogP contribution in [0.5, 0.6) is 0 Å². The van der Waals surface area contributed by atoms with Gasteiger partial charge in [0.2, 0.25) is 0 Å². The average Bonchev–Trinajstić information content (AvgIpc) is 2.21. The molecule has 0 saturated heterocycles. The van der Waals surface area contributed by atoms with E-state index in [0.717, 1.165) is 12.0 Å². The van der Waals surface area contributed by atoms with E-state index in [1.165, 1.54) is 0 Å². The summed E-state index contributed by atoms with van der Waals surface area (Å²) in [6.07, 6.45) is 5.42. The number of rotatable bonds is 1. The van der Waals surface area contributed by atoms with E-state index in [-0.39, 0.29) is 23.4 Å². The zero-order chi connectivity index (χ0) is 11.9. The first-order chi connectivity index (χ1) is 7.43. The monoisotopic (exact) mass is 218 g/mol. The van der Waals surface area contributed by atoms with Crippen LogP contribution in [-0.4, -0.2) is 11.6 Å². The first kappa shape index (κ1) is 11.3. The largest absolute Gasteiger partial charge is 0.299 e. The van der Waals surface area contributed by atoms with E-state index < -0.39 is 5.41 Å². The maximum atomic E-state index is 12.2. The topological polar surface area (TPSA) is 34.1 Å². The predicted molar refractivity (Wildman–Crippen MR) is 62.9 cm³/mol. The number of allylic oxidation sites excluding steroid dienone is 3. The molecule has 0 heterocycles. The third-order valence-electron chi connectivity index (χ3n) is 4.21. The lowest BCUT2D eigenvalue weighted by atomic mass is 9.59. The van der Waals surface area contributed by atoms with Crippen LogP contribution in [0.15, 0.2) is 24.3 Å². The maximum absolute atomic E-state index is 12.2. The minimum absolute atomic E-state index is 0.151. The lowest BCUT2D eigenvalue weighted by Gasteiger charge is -2.43. The molecule has 2 nitrogen and oxygen atoms in total. The van der Waals surface area contributed by atoms with E-state index in [0.29, 0.717) is 12.8 Å². The average molecular weight is 218 g/mol. The van der Waals surface area contributed by atoms with Gasteiger partial charge in [0.15, 0.2) is 5.78 Å². The number of hydrogen-bond donors (Lipinski definition) is 0. The normalized spacial score (nSPS) is 38.4. The van der Waals surface area contributed by atoms with Crippen LogP contribution >= 0.6 is 0 Å². The van der Waals surface area contributed by atoms with Crippen LogP contribution in [0, 0.1) is 17.3 Å². The Kier molecular flexibility index (Phi) is 2.61. The molecule has 0 aromatic rings. The fraction of sp³-hybridized carbons (Fsp3) is 0.571. The second-order valence-corrected chi connectivity index (χ2v) is 5.39. The zero-order valence-electron chi connectivity index (χ0n) is 9.95. The van der Waals surface area contributed by atoms with E-state index >= 15 is 0 Å². The molecule has 0 aromatic heterocycles. The molecule has 1 saturated carbocycles. The fourth-order valence-corrected chi connectivity index (χ4v) is 2.82. The van der Waals surface area contributed by atoms with Gasteiger partial charge < -0.3 is 0 Å². The number of ketones is 2. The Morgan fingerprint density at radius 3 is 2.75 bits per heavy atom. The summed E-state index contributed by atoms with van der Waals surface area (Å²) in [6, 6.07) is 0. The van der Waals surface area contributed by atoms with Crippen LogP contribution in [0.3, 0.4) is 0 Å². The summed E-state index contributed by atoms with van der Waals surface area (Å²) in [5, 5.41) is 0. The summed E-state index contributed by atoms with van der Waals surface area (Å²) in [7, 11) is 0. The van der Waals surface area contributed by atoms with Crippen LogP contribution < -0.4 is 0 Å². The predicted octanol–water partition coefficient (Wildman–Crippen LogP) is 2.69. The van der Waals surface area contributed by atoms with Gasteiger partial charge in [-0.3, -0.25) is 9.59 Å². The Balaban J connectivity index is 2.30. The van der Waals surface area contributed by atoms with E-state index in [1.54, 1.807) is 6.08 Å². The lowest BCUT2D eigenvalue weighted by Crippen LogP contribution is -2.44. The third kappa shape index (κ3) is 1.66. The zero-order valence-corrected chi connectivity index (χ0v) is 9.95. The molecule has 2 rings (SSSR count). The Bertz CT molecular complexity index is 392. The molecule has 0 bridgehead atoms. The molecule has 0 aromatic carbocycles. The highest BCUT2D eigenvalue weighted by atomic mass is 16.1. The second-order valence-electron chi connectivity index (χ2n) is 5.39. The minimum Gasteiger partial charge on any atom is -0.299 e. The summed E-state index contributed by atoms with van der Waals surface area (Å²) < 4.78 is 0. The molecule has 1 unspecified atom stereocenters. The van der Waals surface area contributed by atoms with Gasteiger partial charge in [-0.05, 0) is 38.2 Å². The van der Waals surface area contributed by atoms with Crippen LogP contribution in [0.2, 0.25) is 0 Å². The van der Waals surface area contributed by atoms with Crippen LogP contribution in [0.25, 0.3) is 0 Å². The van der Waals surface area contributed by atoms with Gasteiger partial charge in [-0.25, -0.2) is 0 Å². The van der Waals surface area contributed by atoms with Crippen LogP contribution in [0.4, 0.5) is 0 Å². The van der Waals surface area contributed by atoms with Crippen molar-refractivity contribution in [2.45, 2.75) is 33.1 Å². The Labute approximate surface area is 96.4 Å². The van der Waals surface area contributed by atoms with Gasteiger partial charge in [-0.2, -0.15) is 0 Å². The van der Waals surface area contributed by atoms with E-state index in [2.05, 4.69) is 6.58 Å². The Hall–Kier alpha value is -1.18. The summed E-state index contributed by atoms with van der Waals surface area (Å²) >= 11 is 0. The molecule has 2 aliphatic carbocycles. The van der Waals surface area contributed by atoms with Crippen molar-refractivity contribution in [2.24, 2.45) is 17.3 Å². The number of Topliss-reactive ketones (excluding diaryl/α,β-unsaturated/α-hetero) is 1. The SMILES string of the molecule is C=C(C)C1CC(=O)[C@]2(C)C=CC(=O)C[C@@H]2C1. The Morgan fingerprint density at radius 2 is 2.12 bits per heavy atom. The number of carbonyl (C=O) groups is 2. The number of hydrogen-bond acceptors (Lipinski definition) is 2. The van der Waals surface area contributed by atoms with Crippen molar-refractivity contribution in [3.8, 4) is 0 Å². The molecule has 0 aliphatic heterocycles. The second kappa shape index (κ2) is 3.69. The quantitative estimate of drug-likeness (QED) is 0.634. The van der Waals surface area contributed by atoms with Crippen molar-refractivity contribution in [1.29, 1.82) is 0 Å². The Morgan fingerprint density at radius 1 is 1.44 bits per heavy atom. The number of carbonyl (C=O) groups excluding carboxylic acids is 2. The molecular formula is C14H18O2. The van der Waals surface area contributed by atoms with E-state index in [1.807, 2.05) is 19.9 Å². The molecule has 0 radical (unpaired) electrons. The van der Waals surface area contributed by atoms with Crippen molar-refractivity contribution in [3.63, 3.8) is 0 Å². The van der Waals surface area contributed by atoms with Gasteiger partial charge in [0.1, 0.15) is 5.78 Å². The van der Waals surface area contributed by atoms with Crippen LogP contribution in [0.1, 0.15) is 33.1 Å². The van der Waals surface area contributed by atoms with Gasteiger partial charge in [0.05, 0.1) is 0 Å². The van der Waals surface area contributed by atoms with Gasteiger partial charge in [0.25, 0.3) is 0 Å². The van der Waals surface area contributed by atoms with E-state index in [4.69, 9.17) is 0 Å². The summed E-state index contributed by atoms with van der Waals surface area (Å²) in [5.74, 6) is 0.857. The van der Waals surface area contributed by atoms with Gasteiger partial charge >= 0.3 is 0 Å². The molecule has 2 aliphatic rings. The lowest BCUT2D eigenvalue weighted by molar-refractivity contribution is -0.134. The summed E-state index contributed by atoms with van der Waals surface area (Å²) in [6.45, 7) is 7.88. The van der Waals surface area contributed by atoms with Crippen molar-refractivity contribution in [2.75, 3.05) is 0 Å². The third-order valence-corrected chi connectivity index (χ3v) is 4.21. The van der Waals surface area contributed by atoms with Crippen molar-refractivity contribution >= 4 is 11.6 Å². The molecule has 3 atom stereocenters. The molecule has 1 fully saturated rings. The first-order valence-corrected chi connectivity index (χ1v) is 5.84. The highest BCUT2D eigenvalue weighted by Gasteiger charge is 2.46. The van der Waals surface area contributed by atoms with Gasteiger partial charge in [-0.1, -0.05) is 18.2 Å². The molecule has 0 amide bonds. The molecule has 16 heavy (non-hydrogen) atoms. The minimum atomic E-state index is -0.403. The fourth-order valence-electron chi connectivity index (χ4n) is 2.82. The standard InChI is InChI=1S/C14H18O2/c1-9(2)10-6-11-8-12(15)4-5-14(11,3)13(16)7-10/h4-5,10-11H,1,6-8H2,2-3H3/t10?,11-,14+/m0/s1. The smallest absolute Gasteiger partial charge is 0.155 e. The highest BCUT2D eigenvalue weighted by Crippen LogP contribution is 2.47. The molecule has 86 valence electrons. The molecular weight excluding hydrogens is 200 g/mol. The van der Waals surface area contributed by atoms with Gasteiger partial charge in [0, 0.05) is 18.3 Å². The maximum Gasteiger partial charge on any atom is 0.155 e.